The van der Waals surface area contributed by atoms with Crippen LogP contribution >= 0.6 is 0 Å². The molecule has 1 N–H and O–H groups in total. The van der Waals surface area contributed by atoms with E-state index in [1.807, 2.05) is 0 Å². The topological polar surface area (TPSA) is 79.5 Å². The van der Waals surface area contributed by atoms with Crippen LogP contribution in [-0.4, -0.2) is 39.7 Å². The van der Waals surface area contributed by atoms with Crippen LogP contribution in [0.5, 0.6) is 0 Å². The van der Waals surface area contributed by atoms with Crippen molar-refractivity contribution in [2.75, 3.05) is 13.6 Å². The number of likely N-dealkylation sites (N-methyl/N-ethyl adjacent to an activating group) is 1. The zero-order valence-electron chi connectivity index (χ0n) is 9.80. The first-order valence-corrected chi connectivity index (χ1v) is 5.19. The molecule has 0 saturated carbocycles. The van der Waals surface area contributed by atoms with Gasteiger partial charge in [-0.1, -0.05) is 19.0 Å². The maximum Gasteiger partial charge on any atom is 0.317 e. The molecule has 0 radical (unpaired) electrons. The van der Waals surface area contributed by atoms with Gasteiger partial charge in [0.05, 0.1) is 13.1 Å². The fraction of sp³-hybridized carbons (Fsp3) is 0.700. The summed E-state index contributed by atoms with van der Waals surface area (Å²) in [6.07, 6.45) is 0.746. The minimum atomic E-state index is -0.867. The predicted octanol–water partition coefficient (Wildman–Crippen LogP) is 0.785. The Bertz CT molecular complexity index is 349. The molecular weight excluding hydrogens is 210 g/mol. The minimum Gasteiger partial charge on any atom is -0.480 e. The van der Waals surface area contributed by atoms with Gasteiger partial charge in [0.25, 0.3) is 0 Å². The van der Waals surface area contributed by atoms with Crippen LogP contribution in [0.4, 0.5) is 0 Å². The van der Waals surface area contributed by atoms with Gasteiger partial charge in [-0.15, -0.1) is 0 Å². The fourth-order valence-electron chi connectivity index (χ4n) is 1.31. The van der Waals surface area contributed by atoms with E-state index in [9.17, 15) is 4.79 Å². The Labute approximate surface area is 94.3 Å². The molecule has 0 aliphatic heterocycles. The Morgan fingerprint density at radius 3 is 2.81 bits per heavy atom. The Hall–Kier alpha value is -1.43. The highest BCUT2D eigenvalue weighted by Crippen LogP contribution is 2.06. The lowest BCUT2D eigenvalue weighted by Crippen LogP contribution is -2.25. The second-order valence-electron chi connectivity index (χ2n) is 4.27. The van der Waals surface area contributed by atoms with Crippen LogP contribution in [-0.2, 0) is 17.8 Å². The van der Waals surface area contributed by atoms with Crippen molar-refractivity contribution in [2.24, 2.45) is 5.92 Å². The van der Waals surface area contributed by atoms with E-state index in [1.165, 1.54) is 0 Å². The third-order valence-electron chi connectivity index (χ3n) is 1.91. The summed E-state index contributed by atoms with van der Waals surface area (Å²) < 4.78 is 5.05. The second-order valence-corrected chi connectivity index (χ2v) is 4.27. The Morgan fingerprint density at radius 2 is 2.25 bits per heavy atom. The molecule has 0 atom stereocenters. The molecule has 16 heavy (non-hydrogen) atoms. The quantitative estimate of drug-likeness (QED) is 0.773. The summed E-state index contributed by atoms with van der Waals surface area (Å²) in [6.45, 7) is 4.49. The molecule has 0 aliphatic rings. The summed E-state index contributed by atoms with van der Waals surface area (Å²) in [5.41, 5.74) is 0. The average molecular weight is 227 g/mol. The van der Waals surface area contributed by atoms with Crippen LogP contribution in [0.25, 0.3) is 0 Å². The first kappa shape index (κ1) is 12.6. The van der Waals surface area contributed by atoms with E-state index < -0.39 is 5.97 Å². The van der Waals surface area contributed by atoms with Gasteiger partial charge in [-0.3, -0.25) is 9.69 Å². The molecule has 0 aliphatic carbocycles. The van der Waals surface area contributed by atoms with E-state index in [0.717, 1.165) is 6.42 Å². The van der Waals surface area contributed by atoms with Gasteiger partial charge in [0.15, 0.2) is 5.82 Å². The number of aromatic nitrogens is 2. The lowest BCUT2D eigenvalue weighted by Gasteiger charge is -2.09. The number of rotatable bonds is 6. The van der Waals surface area contributed by atoms with Gasteiger partial charge in [0.1, 0.15) is 0 Å². The lowest BCUT2D eigenvalue weighted by atomic mass is 10.1. The average Bonchev–Trinajstić information content (AvgIpc) is 2.49. The molecule has 0 bridgehead atoms. The van der Waals surface area contributed by atoms with E-state index in [-0.39, 0.29) is 6.54 Å². The first-order chi connectivity index (χ1) is 7.47. The molecule has 6 nitrogen and oxygen atoms in total. The summed E-state index contributed by atoms with van der Waals surface area (Å²) in [4.78, 5) is 16.2. The maximum atomic E-state index is 10.4. The number of hydrogen-bond donors (Lipinski definition) is 1. The zero-order valence-corrected chi connectivity index (χ0v) is 9.80. The molecule has 0 amide bonds. The highest BCUT2D eigenvalue weighted by atomic mass is 16.5. The maximum absolute atomic E-state index is 10.4. The van der Waals surface area contributed by atoms with Gasteiger partial charge >= 0.3 is 5.97 Å². The number of carboxylic acid groups (broad SMARTS) is 1. The lowest BCUT2D eigenvalue weighted by molar-refractivity contribution is -0.138. The Kier molecular flexibility index (Phi) is 4.42. The van der Waals surface area contributed by atoms with E-state index in [0.29, 0.717) is 24.2 Å². The molecule has 1 heterocycles. The van der Waals surface area contributed by atoms with Gasteiger partial charge in [0.2, 0.25) is 5.89 Å². The highest BCUT2D eigenvalue weighted by Gasteiger charge is 2.11. The van der Waals surface area contributed by atoms with Crippen LogP contribution in [0.1, 0.15) is 25.6 Å². The minimum absolute atomic E-state index is 0.0337. The number of carboxylic acids is 1. The molecule has 0 spiro atoms. The summed E-state index contributed by atoms with van der Waals surface area (Å²) in [6, 6.07) is 0. The monoisotopic (exact) mass is 227 g/mol. The van der Waals surface area contributed by atoms with Crippen molar-refractivity contribution in [3.8, 4) is 0 Å². The number of hydrogen-bond acceptors (Lipinski definition) is 5. The molecule has 1 aromatic heterocycles. The third-order valence-corrected chi connectivity index (χ3v) is 1.91. The number of nitrogens with zero attached hydrogens (tertiary/aromatic N) is 3. The predicted molar refractivity (Wildman–Crippen MR) is 56.8 cm³/mol. The van der Waals surface area contributed by atoms with Crippen molar-refractivity contribution in [1.29, 1.82) is 0 Å². The third kappa shape index (κ3) is 4.39. The van der Waals surface area contributed by atoms with Gasteiger partial charge < -0.3 is 9.63 Å². The van der Waals surface area contributed by atoms with Gasteiger partial charge in [-0.2, -0.15) is 4.98 Å². The molecular formula is C10H17N3O3. The summed E-state index contributed by atoms with van der Waals surface area (Å²) in [5, 5.41) is 12.4. The number of carbonyl (C=O) groups is 1. The van der Waals surface area contributed by atoms with E-state index in [2.05, 4.69) is 24.0 Å². The van der Waals surface area contributed by atoms with Crippen LogP contribution in [0.15, 0.2) is 4.52 Å². The van der Waals surface area contributed by atoms with Crippen molar-refractivity contribution in [1.82, 2.24) is 15.0 Å². The zero-order chi connectivity index (χ0) is 12.1. The first-order valence-electron chi connectivity index (χ1n) is 5.19. The summed E-state index contributed by atoms with van der Waals surface area (Å²) in [7, 11) is 1.70. The van der Waals surface area contributed by atoms with Crippen molar-refractivity contribution in [3.63, 3.8) is 0 Å². The van der Waals surface area contributed by atoms with Crippen molar-refractivity contribution < 1.29 is 14.4 Å². The van der Waals surface area contributed by atoms with Crippen molar-refractivity contribution in [3.05, 3.63) is 11.7 Å². The molecule has 6 heteroatoms. The molecule has 0 aromatic carbocycles. The Balaban J connectivity index is 2.48. The van der Waals surface area contributed by atoms with E-state index in [4.69, 9.17) is 9.63 Å². The normalized spacial score (nSPS) is 11.3. The summed E-state index contributed by atoms with van der Waals surface area (Å²) >= 11 is 0. The van der Waals surface area contributed by atoms with Crippen LogP contribution < -0.4 is 0 Å². The van der Waals surface area contributed by atoms with Gasteiger partial charge in [0, 0.05) is 6.42 Å². The Morgan fingerprint density at radius 1 is 1.56 bits per heavy atom. The van der Waals surface area contributed by atoms with Gasteiger partial charge in [-0.25, -0.2) is 0 Å². The molecule has 0 unspecified atom stereocenters. The van der Waals surface area contributed by atoms with Crippen molar-refractivity contribution in [2.45, 2.75) is 26.8 Å². The second kappa shape index (κ2) is 5.60. The SMILES string of the molecule is CC(C)Cc1nc(CN(C)CC(=O)O)no1. The van der Waals surface area contributed by atoms with E-state index in [1.54, 1.807) is 11.9 Å². The fourth-order valence-corrected chi connectivity index (χ4v) is 1.31. The molecule has 0 fully saturated rings. The molecule has 1 aromatic rings. The van der Waals surface area contributed by atoms with Crippen molar-refractivity contribution >= 4 is 5.97 Å². The van der Waals surface area contributed by atoms with Crippen LogP contribution in [0.3, 0.4) is 0 Å². The molecule has 0 saturated heterocycles. The largest absolute Gasteiger partial charge is 0.480 e. The highest BCUT2D eigenvalue weighted by molar-refractivity contribution is 5.68. The van der Waals surface area contributed by atoms with Crippen LogP contribution in [0, 0.1) is 5.92 Å². The van der Waals surface area contributed by atoms with Crippen LogP contribution in [0.2, 0.25) is 0 Å². The van der Waals surface area contributed by atoms with E-state index >= 15 is 0 Å². The summed E-state index contributed by atoms with van der Waals surface area (Å²) in [5.74, 6) is 0.728. The number of aliphatic carboxylic acids is 1. The van der Waals surface area contributed by atoms with Gasteiger partial charge in [-0.05, 0) is 13.0 Å². The standard InChI is InChI=1S/C10H17N3O3/c1-7(2)4-9-11-8(12-16-9)5-13(3)6-10(14)15/h7H,4-6H2,1-3H3,(H,14,15). The smallest absolute Gasteiger partial charge is 0.317 e. The molecule has 1 rings (SSSR count). The molecule has 90 valence electrons.